The minimum absolute atomic E-state index is 0. The molecule has 0 aromatic heterocycles. The van der Waals surface area contributed by atoms with Gasteiger partial charge in [-0.05, 0) is 17.5 Å². The van der Waals surface area contributed by atoms with Gasteiger partial charge < -0.3 is 20.3 Å². The number of fused-ring (bicyclic) bond motifs is 1. The first kappa shape index (κ1) is 15.4. The van der Waals surface area contributed by atoms with Crippen molar-refractivity contribution in [2.75, 3.05) is 6.79 Å². The summed E-state index contributed by atoms with van der Waals surface area (Å²) in [5.41, 5.74) is 6.68. The second-order valence-corrected chi connectivity index (χ2v) is 4.89. The molecule has 0 unspecified atom stereocenters. The normalized spacial score (nSPS) is 16.3. The van der Waals surface area contributed by atoms with Crippen LogP contribution >= 0.6 is 24.0 Å². The first-order chi connectivity index (χ1) is 8.00. The summed E-state index contributed by atoms with van der Waals surface area (Å²) in [5, 5.41) is 10.5. The van der Waals surface area contributed by atoms with Crippen molar-refractivity contribution in [2.24, 2.45) is 11.7 Å². The van der Waals surface area contributed by atoms with Crippen LogP contribution in [-0.4, -0.2) is 18.0 Å². The second kappa shape index (κ2) is 5.97. The lowest BCUT2D eigenvalue weighted by molar-refractivity contribution is 0.0979. The number of aliphatic hydroxyl groups is 1. The lowest BCUT2D eigenvalue weighted by Crippen LogP contribution is -2.30. The summed E-state index contributed by atoms with van der Waals surface area (Å²) in [6, 6.07) is 2.88. The highest BCUT2D eigenvalue weighted by Gasteiger charge is 2.25. The quantitative estimate of drug-likeness (QED) is 0.899. The van der Waals surface area contributed by atoms with Crippen molar-refractivity contribution in [1.29, 1.82) is 0 Å². The molecule has 4 nitrogen and oxygen atoms in total. The van der Waals surface area contributed by atoms with Crippen molar-refractivity contribution >= 4 is 24.0 Å². The van der Waals surface area contributed by atoms with Gasteiger partial charge >= 0.3 is 0 Å². The standard InChI is InChI=1S/C12H16ClNO3.ClH/c1-6(2)12(15)11(14)7-3-9-10(4-8(7)13)17-5-16-9;/h3-4,6,11-12,15H,5,14H2,1-2H3;1H/t11-,12+;/m0./s1. The van der Waals surface area contributed by atoms with Gasteiger partial charge in [0.25, 0.3) is 0 Å². The molecule has 1 heterocycles. The van der Waals surface area contributed by atoms with Crippen LogP contribution in [-0.2, 0) is 0 Å². The molecule has 0 radical (unpaired) electrons. The highest BCUT2D eigenvalue weighted by atomic mass is 35.5. The van der Waals surface area contributed by atoms with Crippen LogP contribution in [0.5, 0.6) is 11.5 Å². The Morgan fingerprint density at radius 2 is 1.83 bits per heavy atom. The third-order valence-corrected chi connectivity index (χ3v) is 3.23. The summed E-state index contributed by atoms with van der Waals surface area (Å²) in [5.74, 6) is 1.30. The maximum atomic E-state index is 9.97. The van der Waals surface area contributed by atoms with E-state index >= 15 is 0 Å². The Labute approximate surface area is 117 Å². The largest absolute Gasteiger partial charge is 0.454 e. The zero-order valence-electron chi connectivity index (χ0n) is 10.2. The van der Waals surface area contributed by atoms with Crippen LogP contribution in [0.25, 0.3) is 0 Å². The monoisotopic (exact) mass is 293 g/mol. The van der Waals surface area contributed by atoms with Crippen LogP contribution < -0.4 is 15.2 Å². The fourth-order valence-corrected chi connectivity index (χ4v) is 2.07. The van der Waals surface area contributed by atoms with Gasteiger partial charge in [0.1, 0.15) is 0 Å². The molecule has 1 aliphatic rings. The first-order valence-electron chi connectivity index (χ1n) is 5.53. The molecule has 0 bridgehead atoms. The van der Waals surface area contributed by atoms with Gasteiger partial charge in [-0.15, -0.1) is 12.4 Å². The SMILES string of the molecule is CC(C)[C@@H](O)[C@@H](N)c1cc2c(cc1Cl)OCO2.Cl. The Morgan fingerprint density at radius 3 is 2.39 bits per heavy atom. The zero-order chi connectivity index (χ0) is 12.6. The summed E-state index contributed by atoms with van der Waals surface area (Å²) in [4.78, 5) is 0. The fraction of sp³-hybridized carbons (Fsp3) is 0.500. The lowest BCUT2D eigenvalue weighted by Gasteiger charge is -2.23. The van der Waals surface area contributed by atoms with Gasteiger partial charge in [-0.25, -0.2) is 0 Å². The van der Waals surface area contributed by atoms with E-state index in [1.807, 2.05) is 13.8 Å². The van der Waals surface area contributed by atoms with Crippen molar-refractivity contribution < 1.29 is 14.6 Å². The molecular weight excluding hydrogens is 277 g/mol. The summed E-state index contributed by atoms with van der Waals surface area (Å²) in [6.45, 7) is 4.01. The van der Waals surface area contributed by atoms with Crippen molar-refractivity contribution in [1.82, 2.24) is 0 Å². The molecule has 3 N–H and O–H groups in total. The zero-order valence-corrected chi connectivity index (χ0v) is 11.8. The number of aliphatic hydroxyl groups excluding tert-OH is 1. The minimum atomic E-state index is -0.645. The molecule has 6 heteroatoms. The van der Waals surface area contributed by atoms with E-state index in [2.05, 4.69) is 0 Å². The fourth-order valence-electron chi connectivity index (χ4n) is 1.79. The Balaban J connectivity index is 0.00000162. The molecule has 0 spiro atoms. The van der Waals surface area contributed by atoms with Gasteiger partial charge in [0, 0.05) is 11.1 Å². The number of rotatable bonds is 3. The molecule has 0 saturated carbocycles. The van der Waals surface area contributed by atoms with Crippen molar-refractivity contribution in [3.8, 4) is 11.5 Å². The maximum Gasteiger partial charge on any atom is 0.231 e. The molecule has 1 aromatic rings. The van der Waals surface area contributed by atoms with E-state index < -0.39 is 12.1 Å². The van der Waals surface area contributed by atoms with Gasteiger partial charge in [0.2, 0.25) is 6.79 Å². The Hall–Kier alpha value is -0.680. The average molecular weight is 294 g/mol. The Bertz CT molecular complexity index is 426. The van der Waals surface area contributed by atoms with Crippen LogP contribution in [0, 0.1) is 5.92 Å². The number of halogens is 2. The summed E-state index contributed by atoms with van der Waals surface area (Å²) in [6.07, 6.45) is -0.645. The van der Waals surface area contributed by atoms with Crippen LogP contribution in [0.15, 0.2) is 12.1 Å². The van der Waals surface area contributed by atoms with Crippen molar-refractivity contribution in [3.05, 3.63) is 22.7 Å². The molecule has 0 amide bonds. The van der Waals surface area contributed by atoms with E-state index in [9.17, 15) is 5.11 Å². The van der Waals surface area contributed by atoms with E-state index in [4.69, 9.17) is 26.8 Å². The minimum Gasteiger partial charge on any atom is -0.454 e. The molecule has 18 heavy (non-hydrogen) atoms. The average Bonchev–Trinajstić information content (AvgIpc) is 2.72. The third kappa shape index (κ3) is 2.83. The van der Waals surface area contributed by atoms with Gasteiger partial charge in [-0.2, -0.15) is 0 Å². The smallest absolute Gasteiger partial charge is 0.231 e. The van der Waals surface area contributed by atoms with E-state index in [0.29, 0.717) is 22.1 Å². The molecule has 1 aliphatic heterocycles. The first-order valence-corrected chi connectivity index (χ1v) is 5.91. The molecule has 1 aromatic carbocycles. The van der Waals surface area contributed by atoms with Gasteiger partial charge in [-0.3, -0.25) is 0 Å². The molecule has 2 rings (SSSR count). The lowest BCUT2D eigenvalue weighted by atomic mass is 9.94. The van der Waals surface area contributed by atoms with E-state index in [1.54, 1.807) is 12.1 Å². The summed E-state index contributed by atoms with van der Waals surface area (Å²) < 4.78 is 10.5. The van der Waals surface area contributed by atoms with Gasteiger partial charge in [0.15, 0.2) is 11.5 Å². The van der Waals surface area contributed by atoms with Gasteiger partial charge in [0.05, 0.1) is 12.1 Å². The predicted octanol–water partition coefficient (Wildman–Crippen LogP) is 2.51. The number of ether oxygens (including phenoxy) is 2. The number of nitrogens with two attached hydrogens (primary N) is 1. The van der Waals surface area contributed by atoms with Crippen molar-refractivity contribution in [3.63, 3.8) is 0 Å². The Morgan fingerprint density at radius 1 is 1.28 bits per heavy atom. The topological polar surface area (TPSA) is 64.7 Å². The Kier molecular flexibility index (Phi) is 5.10. The molecule has 2 atom stereocenters. The maximum absolute atomic E-state index is 9.97. The molecular formula is C12H17Cl2NO3. The van der Waals surface area contributed by atoms with E-state index in [0.717, 1.165) is 0 Å². The second-order valence-electron chi connectivity index (χ2n) is 4.49. The molecule has 102 valence electrons. The highest BCUT2D eigenvalue weighted by Crippen LogP contribution is 2.39. The predicted molar refractivity (Wildman–Crippen MR) is 72.6 cm³/mol. The number of hydrogen-bond donors (Lipinski definition) is 2. The number of hydrogen-bond acceptors (Lipinski definition) is 4. The molecule has 0 fully saturated rings. The molecule has 0 aliphatic carbocycles. The van der Waals surface area contributed by atoms with Crippen LogP contribution in [0.1, 0.15) is 25.5 Å². The van der Waals surface area contributed by atoms with Crippen LogP contribution in [0.4, 0.5) is 0 Å². The van der Waals surface area contributed by atoms with Crippen LogP contribution in [0.3, 0.4) is 0 Å². The molecule has 0 saturated heterocycles. The van der Waals surface area contributed by atoms with E-state index in [1.165, 1.54) is 0 Å². The number of benzene rings is 1. The van der Waals surface area contributed by atoms with Gasteiger partial charge in [-0.1, -0.05) is 25.4 Å². The van der Waals surface area contributed by atoms with E-state index in [-0.39, 0.29) is 25.1 Å². The summed E-state index contributed by atoms with van der Waals surface area (Å²) >= 11 is 6.12. The van der Waals surface area contributed by atoms with Crippen molar-refractivity contribution in [2.45, 2.75) is 26.0 Å². The highest BCUT2D eigenvalue weighted by molar-refractivity contribution is 6.31. The van der Waals surface area contributed by atoms with Crippen LogP contribution in [0.2, 0.25) is 5.02 Å². The summed E-state index contributed by atoms with van der Waals surface area (Å²) in [7, 11) is 0. The third-order valence-electron chi connectivity index (χ3n) is 2.90.